The fourth-order valence-electron chi connectivity index (χ4n) is 3.53. The molecule has 2 unspecified atom stereocenters. The van der Waals surface area contributed by atoms with Crippen molar-refractivity contribution in [3.05, 3.63) is 23.9 Å². The molecule has 116 valence electrons. The van der Waals surface area contributed by atoms with Crippen LogP contribution >= 0.6 is 0 Å². The Bertz CT molecular complexity index is 471. The molecule has 0 spiro atoms. The van der Waals surface area contributed by atoms with E-state index in [1.165, 1.54) is 24.8 Å². The maximum Gasteiger partial charge on any atom is 0.212 e. The molecule has 2 atom stereocenters. The molecule has 4 heteroatoms. The quantitative estimate of drug-likeness (QED) is 0.903. The van der Waals surface area contributed by atoms with E-state index in [1.807, 2.05) is 12.3 Å². The molecule has 2 aliphatic rings. The van der Waals surface area contributed by atoms with Gasteiger partial charge in [0.2, 0.25) is 5.88 Å². The number of piperazine rings is 1. The molecule has 3 rings (SSSR count). The molecule has 0 bridgehead atoms. The van der Waals surface area contributed by atoms with Crippen molar-refractivity contribution in [2.75, 3.05) is 20.2 Å². The van der Waals surface area contributed by atoms with Gasteiger partial charge in [-0.05, 0) is 37.7 Å². The molecular weight excluding hydrogens is 262 g/mol. The van der Waals surface area contributed by atoms with E-state index >= 15 is 0 Å². The summed E-state index contributed by atoms with van der Waals surface area (Å²) in [4.78, 5) is 6.97. The molecule has 1 aliphatic carbocycles. The maximum atomic E-state index is 5.14. The average molecular weight is 289 g/mol. The van der Waals surface area contributed by atoms with E-state index in [4.69, 9.17) is 4.74 Å². The van der Waals surface area contributed by atoms with Crippen LogP contribution in [0.4, 0.5) is 0 Å². The Kier molecular flexibility index (Phi) is 4.18. The first-order valence-electron chi connectivity index (χ1n) is 8.12. The zero-order valence-electron chi connectivity index (χ0n) is 13.4. The third-order valence-electron chi connectivity index (χ3n) is 5.13. The number of rotatable bonds is 5. The van der Waals surface area contributed by atoms with Crippen LogP contribution in [0.1, 0.15) is 38.7 Å². The topological polar surface area (TPSA) is 37.4 Å². The first kappa shape index (κ1) is 14.8. The molecule has 1 aliphatic heterocycles. The number of nitrogens with zero attached hydrogens (tertiary/aromatic N) is 2. The van der Waals surface area contributed by atoms with Crippen LogP contribution in [0.15, 0.2) is 18.3 Å². The molecule has 4 nitrogen and oxygen atoms in total. The van der Waals surface area contributed by atoms with Crippen LogP contribution in [0.25, 0.3) is 0 Å². The molecule has 21 heavy (non-hydrogen) atoms. The lowest BCUT2D eigenvalue weighted by Crippen LogP contribution is -2.63. The first-order chi connectivity index (χ1) is 10.1. The Morgan fingerprint density at radius 1 is 1.43 bits per heavy atom. The van der Waals surface area contributed by atoms with Gasteiger partial charge in [-0.2, -0.15) is 0 Å². The Morgan fingerprint density at radius 2 is 2.24 bits per heavy atom. The molecule has 1 saturated carbocycles. The third kappa shape index (κ3) is 3.22. The number of hydrogen-bond acceptors (Lipinski definition) is 4. The third-order valence-corrected chi connectivity index (χ3v) is 5.13. The summed E-state index contributed by atoms with van der Waals surface area (Å²) in [5.41, 5.74) is 1.57. The van der Waals surface area contributed by atoms with E-state index in [2.05, 4.69) is 35.1 Å². The van der Waals surface area contributed by atoms with Crippen molar-refractivity contribution in [1.82, 2.24) is 15.2 Å². The Balaban J connectivity index is 1.70. The predicted octanol–water partition coefficient (Wildman–Crippen LogP) is 2.44. The van der Waals surface area contributed by atoms with E-state index in [9.17, 15) is 0 Å². The highest BCUT2D eigenvalue weighted by Gasteiger charge is 2.45. The van der Waals surface area contributed by atoms with Gasteiger partial charge in [-0.3, -0.25) is 4.90 Å². The van der Waals surface area contributed by atoms with Crippen molar-refractivity contribution in [3.63, 3.8) is 0 Å². The summed E-state index contributed by atoms with van der Waals surface area (Å²) in [5, 5.41) is 3.82. The second-order valence-corrected chi connectivity index (χ2v) is 6.75. The number of nitrogens with one attached hydrogen (secondary N) is 1. The number of aromatic nitrogens is 1. The average Bonchev–Trinajstić information content (AvgIpc) is 3.33. The molecule has 1 N–H and O–H groups in total. The van der Waals surface area contributed by atoms with Gasteiger partial charge >= 0.3 is 0 Å². The fraction of sp³-hybridized carbons (Fsp3) is 0.706. The largest absolute Gasteiger partial charge is 0.481 e. The summed E-state index contributed by atoms with van der Waals surface area (Å²) >= 11 is 0. The van der Waals surface area contributed by atoms with Gasteiger partial charge < -0.3 is 10.1 Å². The van der Waals surface area contributed by atoms with Gasteiger partial charge in [-0.15, -0.1) is 0 Å². The van der Waals surface area contributed by atoms with Gasteiger partial charge in [0.15, 0.2) is 0 Å². The molecule has 1 saturated heterocycles. The van der Waals surface area contributed by atoms with Gasteiger partial charge in [0.05, 0.1) is 7.11 Å². The van der Waals surface area contributed by atoms with Gasteiger partial charge in [0.1, 0.15) is 0 Å². The van der Waals surface area contributed by atoms with Crippen LogP contribution in [0.2, 0.25) is 0 Å². The summed E-state index contributed by atoms with van der Waals surface area (Å²) in [6.45, 7) is 7.91. The van der Waals surface area contributed by atoms with Crippen molar-refractivity contribution < 1.29 is 4.74 Å². The summed E-state index contributed by atoms with van der Waals surface area (Å²) in [7, 11) is 1.66. The SMILES string of the molecule is CCC1CNC(C)(C2CC2)CN1Cc1ccc(OC)nc1. The van der Waals surface area contributed by atoms with E-state index in [0.717, 1.165) is 25.6 Å². The van der Waals surface area contributed by atoms with Crippen molar-refractivity contribution in [2.45, 2.75) is 51.2 Å². The van der Waals surface area contributed by atoms with Crippen LogP contribution < -0.4 is 10.1 Å². The molecule has 0 radical (unpaired) electrons. The van der Waals surface area contributed by atoms with E-state index in [1.54, 1.807) is 7.11 Å². The Morgan fingerprint density at radius 3 is 2.81 bits per heavy atom. The smallest absolute Gasteiger partial charge is 0.212 e. The predicted molar refractivity (Wildman–Crippen MR) is 84.4 cm³/mol. The molecule has 1 aromatic rings. The van der Waals surface area contributed by atoms with Gasteiger partial charge in [-0.1, -0.05) is 13.0 Å². The highest BCUT2D eigenvalue weighted by atomic mass is 16.5. The summed E-state index contributed by atoms with van der Waals surface area (Å²) in [5.74, 6) is 1.56. The number of pyridine rings is 1. The second kappa shape index (κ2) is 5.93. The second-order valence-electron chi connectivity index (χ2n) is 6.75. The van der Waals surface area contributed by atoms with E-state index in [-0.39, 0.29) is 0 Å². The lowest BCUT2D eigenvalue weighted by molar-refractivity contribution is 0.0665. The summed E-state index contributed by atoms with van der Waals surface area (Å²) in [6, 6.07) is 4.71. The molecule has 2 heterocycles. The molecule has 0 amide bonds. The summed E-state index contributed by atoms with van der Waals surface area (Å²) in [6.07, 6.45) is 5.91. The van der Waals surface area contributed by atoms with E-state index in [0.29, 0.717) is 17.5 Å². The minimum atomic E-state index is 0.297. The number of methoxy groups -OCH3 is 1. The van der Waals surface area contributed by atoms with Crippen LogP contribution in [-0.4, -0.2) is 41.7 Å². The van der Waals surface area contributed by atoms with Crippen molar-refractivity contribution in [1.29, 1.82) is 0 Å². The van der Waals surface area contributed by atoms with Crippen LogP contribution in [-0.2, 0) is 6.54 Å². The highest BCUT2D eigenvalue weighted by Crippen LogP contribution is 2.41. The number of ether oxygens (including phenoxy) is 1. The number of hydrogen-bond donors (Lipinski definition) is 1. The van der Waals surface area contributed by atoms with Crippen molar-refractivity contribution in [2.24, 2.45) is 5.92 Å². The van der Waals surface area contributed by atoms with Crippen LogP contribution in [0.5, 0.6) is 5.88 Å². The zero-order valence-corrected chi connectivity index (χ0v) is 13.4. The van der Waals surface area contributed by atoms with Crippen molar-refractivity contribution >= 4 is 0 Å². The van der Waals surface area contributed by atoms with Crippen LogP contribution in [0, 0.1) is 5.92 Å². The zero-order chi connectivity index (χ0) is 14.9. The lowest BCUT2D eigenvalue weighted by Gasteiger charge is -2.46. The molecule has 2 fully saturated rings. The first-order valence-corrected chi connectivity index (χ1v) is 8.12. The van der Waals surface area contributed by atoms with Crippen molar-refractivity contribution in [3.8, 4) is 5.88 Å². The monoisotopic (exact) mass is 289 g/mol. The molecule has 0 aromatic carbocycles. The minimum absolute atomic E-state index is 0.297. The fourth-order valence-corrected chi connectivity index (χ4v) is 3.53. The highest BCUT2D eigenvalue weighted by molar-refractivity contribution is 5.18. The van der Waals surface area contributed by atoms with Gasteiger partial charge in [-0.25, -0.2) is 4.98 Å². The Labute approximate surface area is 127 Å². The minimum Gasteiger partial charge on any atom is -0.481 e. The molecular formula is C17H27N3O. The molecule has 1 aromatic heterocycles. The standard InChI is InChI=1S/C17H27N3O/c1-4-15-10-19-17(2,14-6-7-14)12-20(15)11-13-5-8-16(21-3)18-9-13/h5,8-9,14-15,19H,4,6-7,10-12H2,1-3H3. The van der Waals surface area contributed by atoms with Gasteiger partial charge in [0.25, 0.3) is 0 Å². The lowest BCUT2D eigenvalue weighted by atomic mass is 9.90. The summed E-state index contributed by atoms with van der Waals surface area (Å²) < 4.78 is 5.14. The normalized spacial score (nSPS) is 30.3. The maximum absolute atomic E-state index is 5.14. The van der Waals surface area contributed by atoms with Crippen LogP contribution in [0.3, 0.4) is 0 Å². The van der Waals surface area contributed by atoms with E-state index < -0.39 is 0 Å². The Hall–Kier alpha value is -1.13. The van der Waals surface area contributed by atoms with Gasteiger partial charge in [0, 0.05) is 43.5 Å².